The fraction of sp³-hybridized carbons (Fsp3) is 0.808. The minimum absolute atomic E-state index is 0.110. The SMILES string of the molecule is CCCCCCCCCCC#CC#CCCCCCCCCC(=O)OCCOC. The maximum absolute atomic E-state index is 11.4. The Bertz CT molecular complexity index is 476. The van der Waals surface area contributed by atoms with Crippen molar-refractivity contribution in [3.63, 3.8) is 0 Å². The molecule has 0 saturated heterocycles. The van der Waals surface area contributed by atoms with Crippen LogP contribution in [0.1, 0.15) is 116 Å². The largest absolute Gasteiger partial charge is 0.463 e. The van der Waals surface area contributed by atoms with E-state index in [4.69, 9.17) is 9.47 Å². The predicted octanol–water partition coefficient (Wildman–Crippen LogP) is 6.83. The summed E-state index contributed by atoms with van der Waals surface area (Å²) in [7, 11) is 1.60. The highest BCUT2D eigenvalue weighted by Crippen LogP contribution is 2.10. The van der Waals surface area contributed by atoms with E-state index < -0.39 is 0 Å². The monoisotopic (exact) mass is 404 g/mol. The van der Waals surface area contributed by atoms with Gasteiger partial charge < -0.3 is 9.47 Å². The van der Waals surface area contributed by atoms with E-state index in [1.54, 1.807) is 7.11 Å². The van der Waals surface area contributed by atoms with E-state index in [-0.39, 0.29) is 5.97 Å². The average Bonchev–Trinajstić information content (AvgIpc) is 2.72. The molecule has 0 unspecified atom stereocenters. The zero-order chi connectivity index (χ0) is 21.3. The average molecular weight is 405 g/mol. The maximum atomic E-state index is 11.4. The molecule has 166 valence electrons. The standard InChI is InChI=1S/C26H44O3/c1-3-4-5-6-7-8-9-10-11-12-13-14-15-16-17-18-19-20-21-22-23-26(27)29-25-24-28-2/h3-11,16-25H2,1-2H3. The third-order valence-electron chi connectivity index (χ3n) is 4.88. The van der Waals surface area contributed by atoms with Crippen molar-refractivity contribution in [3.8, 4) is 23.7 Å². The molecule has 0 aliphatic rings. The number of esters is 1. The highest BCUT2D eigenvalue weighted by molar-refractivity contribution is 5.69. The second-order valence-corrected chi connectivity index (χ2v) is 7.66. The molecule has 0 spiro atoms. The fourth-order valence-electron chi connectivity index (χ4n) is 3.06. The summed E-state index contributed by atoms with van der Waals surface area (Å²) in [5.41, 5.74) is 0. The summed E-state index contributed by atoms with van der Waals surface area (Å²) in [6.45, 7) is 3.10. The molecule has 0 aromatic heterocycles. The van der Waals surface area contributed by atoms with Crippen LogP contribution >= 0.6 is 0 Å². The normalized spacial score (nSPS) is 10.0. The van der Waals surface area contributed by atoms with Gasteiger partial charge in [0.1, 0.15) is 6.61 Å². The quantitative estimate of drug-likeness (QED) is 0.134. The van der Waals surface area contributed by atoms with Gasteiger partial charge in [0.2, 0.25) is 0 Å². The zero-order valence-corrected chi connectivity index (χ0v) is 19.2. The number of carbonyl (C=O) groups excluding carboxylic acids is 1. The lowest BCUT2D eigenvalue weighted by Crippen LogP contribution is -2.09. The summed E-state index contributed by atoms with van der Waals surface area (Å²) in [6, 6.07) is 0. The second kappa shape index (κ2) is 24.6. The van der Waals surface area contributed by atoms with Gasteiger partial charge in [0.15, 0.2) is 0 Å². The summed E-state index contributed by atoms with van der Waals surface area (Å²) in [6.07, 6.45) is 20.0. The molecule has 0 amide bonds. The number of hydrogen-bond donors (Lipinski definition) is 0. The van der Waals surface area contributed by atoms with Crippen molar-refractivity contribution in [2.24, 2.45) is 0 Å². The van der Waals surface area contributed by atoms with E-state index in [2.05, 4.69) is 30.6 Å². The van der Waals surface area contributed by atoms with Crippen LogP contribution in [0.5, 0.6) is 0 Å². The van der Waals surface area contributed by atoms with Crippen molar-refractivity contribution in [2.45, 2.75) is 116 Å². The highest BCUT2D eigenvalue weighted by atomic mass is 16.6. The molecule has 0 rings (SSSR count). The Labute approximate surface area is 180 Å². The summed E-state index contributed by atoms with van der Waals surface area (Å²) >= 11 is 0. The van der Waals surface area contributed by atoms with Crippen LogP contribution < -0.4 is 0 Å². The lowest BCUT2D eigenvalue weighted by atomic mass is 10.1. The molecule has 0 heterocycles. The van der Waals surface area contributed by atoms with Crippen molar-refractivity contribution in [1.82, 2.24) is 0 Å². The Morgan fingerprint density at radius 3 is 1.66 bits per heavy atom. The van der Waals surface area contributed by atoms with Crippen LogP contribution in [0.2, 0.25) is 0 Å². The Hall–Kier alpha value is -1.45. The van der Waals surface area contributed by atoms with Gasteiger partial charge in [-0.25, -0.2) is 0 Å². The predicted molar refractivity (Wildman–Crippen MR) is 123 cm³/mol. The molecule has 0 saturated carbocycles. The van der Waals surface area contributed by atoms with E-state index in [1.165, 1.54) is 70.6 Å². The van der Waals surface area contributed by atoms with Gasteiger partial charge in [-0.15, -0.1) is 0 Å². The molecule has 0 fully saturated rings. The number of ether oxygens (including phenoxy) is 2. The Morgan fingerprint density at radius 2 is 1.14 bits per heavy atom. The van der Waals surface area contributed by atoms with Crippen LogP contribution in [-0.2, 0) is 14.3 Å². The summed E-state index contributed by atoms with van der Waals surface area (Å²) in [5, 5.41) is 0. The number of carbonyl (C=O) groups is 1. The molecule has 3 heteroatoms. The Balaban J connectivity index is 3.30. The lowest BCUT2D eigenvalue weighted by molar-refractivity contribution is -0.145. The summed E-state index contributed by atoms with van der Waals surface area (Å²) < 4.78 is 9.88. The molecule has 0 aromatic rings. The first-order valence-electron chi connectivity index (χ1n) is 11.9. The van der Waals surface area contributed by atoms with Gasteiger partial charge in [0, 0.05) is 26.4 Å². The number of methoxy groups -OCH3 is 1. The topological polar surface area (TPSA) is 35.5 Å². The van der Waals surface area contributed by atoms with Gasteiger partial charge in [-0.3, -0.25) is 4.79 Å². The van der Waals surface area contributed by atoms with Crippen molar-refractivity contribution < 1.29 is 14.3 Å². The van der Waals surface area contributed by atoms with E-state index in [0.29, 0.717) is 19.6 Å². The zero-order valence-electron chi connectivity index (χ0n) is 19.2. The first-order chi connectivity index (χ1) is 14.3. The second-order valence-electron chi connectivity index (χ2n) is 7.66. The number of rotatable bonds is 19. The van der Waals surface area contributed by atoms with Crippen LogP contribution in [0.25, 0.3) is 0 Å². The Morgan fingerprint density at radius 1 is 0.655 bits per heavy atom. The third kappa shape index (κ3) is 24.5. The van der Waals surface area contributed by atoms with Crippen molar-refractivity contribution >= 4 is 5.97 Å². The van der Waals surface area contributed by atoms with Crippen LogP contribution in [0.15, 0.2) is 0 Å². The van der Waals surface area contributed by atoms with Gasteiger partial charge in [0.25, 0.3) is 0 Å². The van der Waals surface area contributed by atoms with E-state index in [0.717, 1.165) is 32.1 Å². The molecule has 0 radical (unpaired) electrons. The van der Waals surface area contributed by atoms with Gasteiger partial charge in [-0.05, 0) is 31.1 Å². The molecule has 0 aliphatic carbocycles. The minimum atomic E-state index is -0.110. The molecule has 29 heavy (non-hydrogen) atoms. The van der Waals surface area contributed by atoms with E-state index >= 15 is 0 Å². The highest BCUT2D eigenvalue weighted by Gasteiger charge is 2.01. The summed E-state index contributed by atoms with van der Waals surface area (Å²) in [5.74, 6) is 12.2. The van der Waals surface area contributed by atoms with Crippen LogP contribution in [-0.4, -0.2) is 26.3 Å². The first-order valence-corrected chi connectivity index (χ1v) is 11.9. The van der Waals surface area contributed by atoms with Gasteiger partial charge in [-0.1, -0.05) is 89.4 Å². The molecular formula is C26H44O3. The molecule has 0 atom stereocenters. The maximum Gasteiger partial charge on any atom is 0.305 e. The van der Waals surface area contributed by atoms with Gasteiger partial charge in [-0.2, -0.15) is 0 Å². The van der Waals surface area contributed by atoms with Crippen molar-refractivity contribution in [3.05, 3.63) is 0 Å². The molecule has 3 nitrogen and oxygen atoms in total. The van der Waals surface area contributed by atoms with Gasteiger partial charge >= 0.3 is 5.97 Å². The molecule has 0 aliphatic heterocycles. The van der Waals surface area contributed by atoms with Crippen LogP contribution in [0.4, 0.5) is 0 Å². The van der Waals surface area contributed by atoms with E-state index in [1.807, 2.05) is 0 Å². The van der Waals surface area contributed by atoms with Crippen LogP contribution in [0.3, 0.4) is 0 Å². The fourth-order valence-corrected chi connectivity index (χ4v) is 3.06. The minimum Gasteiger partial charge on any atom is -0.463 e. The molecule has 0 bridgehead atoms. The number of hydrogen-bond acceptors (Lipinski definition) is 3. The first kappa shape index (κ1) is 27.5. The lowest BCUT2D eigenvalue weighted by Gasteiger charge is -2.03. The number of unbranched alkanes of at least 4 members (excludes halogenated alkanes) is 14. The Kier molecular flexibility index (Phi) is 23.4. The summed E-state index contributed by atoms with van der Waals surface area (Å²) in [4.78, 5) is 11.4. The van der Waals surface area contributed by atoms with E-state index in [9.17, 15) is 4.79 Å². The van der Waals surface area contributed by atoms with Crippen molar-refractivity contribution in [1.29, 1.82) is 0 Å². The molecule has 0 N–H and O–H groups in total. The smallest absolute Gasteiger partial charge is 0.305 e. The van der Waals surface area contributed by atoms with Crippen LogP contribution in [0, 0.1) is 23.7 Å². The molecular weight excluding hydrogens is 360 g/mol. The van der Waals surface area contributed by atoms with Crippen molar-refractivity contribution in [2.75, 3.05) is 20.3 Å². The third-order valence-corrected chi connectivity index (χ3v) is 4.88. The molecule has 0 aromatic carbocycles. The van der Waals surface area contributed by atoms with Gasteiger partial charge in [0.05, 0.1) is 6.61 Å².